The van der Waals surface area contributed by atoms with Crippen molar-refractivity contribution in [2.45, 2.75) is 26.2 Å². The lowest BCUT2D eigenvalue weighted by Gasteiger charge is -2.06. The van der Waals surface area contributed by atoms with E-state index in [4.69, 9.17) is 6.42 Å². The highest BCUT2D eigenvalue weighted by molar-refractivity contribution is 5.29. The van der Waals surface area contributed by atoms with Crippen molar-refractivity contribution in [1.29, 1.82) is 0 Å². The first-order chi connectivity index (χ1) is 6.29. The van der Waals surface area contributed by atoms with Crippen LogP contribution >= 0.6 is 0 Å². The van der Waals surface area contributed by atoms with Crippen molar-refractivity contribution in [2.24, 2.45) is 0 Å². The van der Waals surface area contributed by atoms with Crippen LogP contribution in [0.25, 0.3) is 0 Å². The zero-order valence-corrected chi connectivity index (χ0v) is 7.81. The molecule has 1 aromatic carbocycles. The fourth-order valence-corrected chi connectivity index (χ4v) is 1.44. The van der Waals surface area contributed by atoms with E-state index in [1.165, 1.54) is 6.07 Å². The highest BCUT2D eigenvalue weighted by Gasteiger charge is 2.04. The average molecular weight is 176 g/mol. The lowest BCUT2D eigenvalue weighted by atomic mass is 10.0. The first kappa shape index (κ1) is 9.80. The third kappa shape index (κ3) is 2.32. The Morgan fingerprint density at radius 2 is 2.23 bits per heavy atom. The molecule has 0 saturated heterocycles. The van der Waals surface area contributed by atoms with E-state index >= 15 is 0 Å². The lowest BCUT2D eigenvalue weighted by molar-refractivity contribution is 0.608. The number of aryl methyl sites for hydroxylation is 1. The highest BCUT2D eigenvalue weighted by Crippen LogP contribution is 2.15. The molecule has 0 nitrogen and oxygen atoms in total. The van der Waals surface area contributed by atoms with Gasteiger partial charge in [-0.2, -0.15) is 0 Å². The van der Waals surface area contributed by atoms with E-state index in [2.05, 4.69) is 5.92 Å². The summed E-state index contributed by atoms with van der Waals surface area (Å²) in [6, 6.07) is 5.18. The Bertz CT molecular complexity index is 320. The van der Waals surface area contributed by atoms with Gasteiger partial charge in [0.25, 0.3) is 0 Å². The molecule has 1 rings (SSSR count). The van der Waals surface area contributed by atoms with E-state index in [1.807, 2.05) is 13.0 Å². The van der Waals surface area contributed by atoms with E-state index < -0.39 is 0 Å². The van der Waals surface area contributed by atoms with Crippen molar-refractivity contribution in [3.63, 3.8) is 0 Å². The second-order valence-corrected chi connectivity index (χ2v) is 2.94. The van der Waals surface area contributed by atoms with Crippen LogP contribution in [-0.2, 0) is 12.8 Å². The average Bonchev–Trinajstić information content (AvgIpc) is 2.15. The minimum atomic E-state index is -0.114. The standard InChI is InChI=1S/C12H13F/c1-3-5-7-10-8-6-9-12(13)11(10)4-2/h1,6,8-9H,4-5,7H2,2H3. The van der Waals surface area contributed by atoms with Crippen LogP contribution < -0.4 is 0 Å². The summed E-state index contributed by atoms with van der Waals surface area (Å²) in [6.07, 6.45) is 7.34. The number of rotatable bonds is 3. The molecule has 0 heterocycles. The first-order valence-electron chi connectivity index (χ1n) is 4.49. The summed E-state index contributed by atoms with van der Waals surface area (Å²) in [7, 11) is 0. The molecule has 0 aliphatic heterocycles. The molecule has 0 aliphatic carbocycles. The smallest absolute Gasteiger partial charge is 0.126 e. The van der Waals surface area contributed by atoms with Crippen LogP contribution in [0.5, 0.6) is 0 Å². The first-order valence-corrected chi connectivity index (χ1v) is 4.49. The monoisotopic (exact) mass is 176 g/mol. The molecule has 0 spiro atoms. The molecule has 0 aliphatic rings. The Balaban J connectivity index is 2.93. The van der Waals surface area contributed by atoms with Crippen LogP contribution in [-0.4, -0.2) is 0 Å². The third-order valence-electron chi connectivity index (χ3n) is 2.11. The van der Waals surface area contributed by atoms with Crippen molar-refractivity contribution >= 4 is 0 Å². The number of benzene rings is 1. The molecular weight excluding hydrogens is 163 g/mol. The Morgan fingerprint density at radius 3 is 2.85 bits per heavy atom. The number of hydrogen-bond acceptors (Lipinski definition) is 0. The van der Waals surface area contributed by atoms with Crippen molar-refractivity contribution in [3.05, 3.63) is 35.1 Å². The van der Waals surface area contributed by atoms with Crippen molar-refractivity contribution in [3.8, 4) is 12.3 Å². The Kier molecular flexibility index (Phi) is 3.52. The molecule has 0 atom stereocenters. The van der Waals surface area contributed by atoms with Gasteiger partial charge in [-0.1, -0.05) is 19.1 Å². The number of hydrogen-bond donors (Lipinski definition) is 0. The van der Waals surface area contributed by atoms with Gasteiger partial charge in [-0.25, -0.2) is 4.39 Å². The molecule has 0 N–H and O–H groups in total. The van der Waals surface area contributed by atoms with Gasteiger partial charge in [-0.3, -0.25) is 0 Å². The second-order valence-electron chi connectivity index (χ2n) is 2.94. The predicted molar refractivity (Wildman–Crippen MR) is 52.9 cm³/mol. The Labute approximate surface area is 78.8 Å². The van der Waals surface area contributed by atoms with Gasteiger partial charge in [-0.15, -0.1) is 12.3 Å². The molecule has 13 heavy (non-hydrogen) atoms. The van der Waals surface area contributed by atoms with Gasteiger partial charge in [0.1, 0.15) is 5.82 Å². The molecule has 0 radical (unpaired) electrons. The third-order valence-corrected chi connectivity index (χ3v) is 2.11. The molecule has 0 unspecified atom stereocenters. The van der Waals surface area contributed by atoms with E-state index in [-0.39, 0.29) is 5.82 Å². The van der Waals surface area contributed by atoms with E-state index in [0.29, 0.717) is 6.42 Å². The van der Waals surface area contributed by atoms with Gasteiger partial charge in [0, 0.05) is 6.42 Å². The van der Waals surface area contributed by atoms with Gasteiger partial charge in [0.05, 0.1) is 0 Å². The topological polar surface area (TPSA) is 0 Å². The van der Waals surface area contributed by atoms with Crippen LogP contribution in [0.4, 0.5) is 4.39 Å². The maximum atomic E-state index is 13.2. The summed E-state index contributed by atoms with van der Waals surface area (Å²) >= 11 is 0. The SMILES string of the molecule is C#CCCc1cccc(F)c1CC. The summed E-state index contributed by atoms with van der Waals surface area (Å²) < 4.78 is 13.2. The summed E-state index contributed by atoms with van der Waals surface area (Å²) in [5.74, 6) is 2.45. The highest BCUT2D eigenvalue weighted by atomic mass is 19.1. The molecule has 0 saturated carbocycles. The van der Waals surface area contributed by atoms with Crippen LogP contribution in [0.1, 0.15) is 24.5 Å². The molecule has 0 aromatic heterocycles. The maximum absolute atomic E-state index is 13.2. The van der Waals surface area contributed by atoms with E-state index in [9.17, 15) is 4.39 Å². The summed E-state index contributed by atoms with van der Waals surface area (Å²) in [5, 5.41) is 0. The van der Waals surface area contributed by atoms with Gasteiger partial charge in [-0.05, 0) is 30.0 Å². The van der Waals surface area contributed by atoms with Gasteiger partial charge >= 0.3 is 0 Å². The number of terminal acetylenes is 1. The van der Waals surface area contributed by atoms with Crippen molar-refractivity contribution in [1.82, 2.24) is 0 Å². The van der Waals surface area contributed by atoms with Crippen LogP contribution in [0.2, 0.25) is 0 Å². The van der Waals surface area contributed by atoms with Gasteiger partial charge in [0.15, 0.2) is 0 Å². The van der Waals surface area contributed by atoms with E-state index in [1.54, 1.807) is 6.07 Å². The molecule has 1 heteroatoms. The minimum Gasteiger partial charge on any atom is -0.207 e. The summed E-state index contributed by atoms with van der Waals surface area (Å²) in [4.78, 5) is 0. The Hall–Kier alpha value is -1.29. The van der Waals surface area contributed by atoms with E-state index in [0.717, 1.165) is 24.0 Å². The maximum Gasteiger partial charge on any atom is 0.126 e. The zero-order valence-electron chi connectivity index (χ0n) is 7.81. The van der Waals surface area contributed by atoms with Crippen LogP contribution in [0, 0.1) is 18.2 Å². The number of halogens is 1. The fourth-order valence-electron chi connectivity index (χ4n) is 1.44. The molecule has 1 aromatic rings. The molecule has 0 amide bonds. The van der Waals surface area contributed by atoms with Gasteiger partial charge in [0.2, 0.25) is 0 Å². The largest absolute Gasteiger partial charge is 0.207 e. The molecule has 0 bridgehead atoms. The molecular formula is C12H13F. The van der Waals surface area contributed by atoms with Gasteiger partial charge < -0.3 is 0 Å². The fraction of sp³-hybridized carbons (Fsp3) is 0.333. The predicted octanol–water partition coefficient (Wildman–Crippen LogP) is 2.95. The normalized spacial score (nSPS) is 9.62. The van der Waals surface area contributed by atoms with Crippen molar-refractivity contribution < 1.29 is 4.39 Å². The zero-order chi connectivity index (χ0) is 9.68. The summed E-state index contributed by atoms with van der Waals surface area (Å²) in [6.45, 7) is 1.96. The lowest BCUT2D eigenvalue weighted by Crippen LogP contribution is -1.96. The molecule has 68 valence electrons. The van der Waals surface area contributed by atoms with Crippen LogP contribution in [0.3, 0.4) is 0 Å². The molecule has 0 fully saturated rings. The quantitative estimate of drug-likeness (QED) is 0.621. The summed E-state index contributed by atoms with van der Waals surface area (Å²) in [5.41, 5.74) is 1.85. The van der Waals surface area contributed by atoms with Crippen LogP contribution in [0.15, 0.2) is 18.2 Å². The Morgan fingerprint density at radius 1 is 1.46 bits per heavy atom. The van der Waals surface area contributed by atoms with Crippen molar-refractivity contribution in [2.75, 3.05) is 0 Å². The minimum absolute atomic E-state index is 0.114. The second kappa shape index (κ2) is 4.67.